The molecule has 94 valence electrons. The van der Waals surface area contributed by atoms with E-state index in [-0.39, 0.29) is 17.5 Å². The summed E-state index contributed by atoms with van der Waals surface area (Å²) in [6.45, 7) is 6.83. The first-order valence-electron chi connectivity index (χ1n) is 6.23. The lowest BCUT2D eigenvalue weighted by atomic mass is 10.0. The average Bonchev–Trinajstić information content (AvgIpc) is 2.27. The van der Waals surface area contributed by atoms with Crippen LogP contribution < -0.4 is 5.32 Å². The van der Waals surface area contributed by atoms with Gasteiger partial charge in [0.25, 0.3) is 5.91 Å². The van der Waals surface area contributed by atoms with Gasteiger partial charge in [-0.3, -0.25) is 4.79 Å². The molecule has 0 bridgehead atoms. The second-order valence-electron chi connectivity index (χ2n) is 4.87. The molecule has 1 rings (SSSR count). The van der Waals surface area contributed by atoms with Crippen LogP contribution >= 0.6 is 0 Å². The minimum Gasteiger partial charge on any atom is -0.373 e. The van der Waals surface area contributed by atoms with Crippen LogP contribution in [0.5, 0.6) is 0 Å². The first-order valence-corrected chi connectivity index (χ1v) is 6.23. The Balaban J connectivity index is 2.72. The molecule has 1 unspecified atom stereocenters. The second kappa shape index (κ2) is 6.29. The van der Waals surface area contributed by atoms with E-state index in [0.717, 1.165) is 19.4 Å². The van der Waals surface area contributed by atoms with Gasteiger partial charge in [0.05, 0.1) is 0 Å². The number of hydrogen-bond acceptors (Lipinski definition) is 3. The van der Waals surface area contributed by atoms with E-state index in [1.54, 1.807) is 6.20 Å². The van der Waals surface area contributed by atoms with Crippen molar-refractivity contribution in [2.45, 2.75) is 52.1 Å². The van der Waals surface area contributed by atoms with Crippen molar-refractivity contribution in [2.24, 2.45) is 0 Å². The van der Waals surface area contributed by atoms with Crippen LogP contribution in [0, 0.1) is 11.3 Å². The summed E-state index contributed by atoms with van der Waals surface area (Å²) in [7, 11) is 0. The van der Waals surface area contributed by atoms with Crippen LogP contribution in [0.3, 0.4) is 0 Å². The molecule has 1 heterocycles. The van der Waals surface area contributed by atoms with Gasteiger partial charge in [0.2, 0.25) is 0 Å². The summed E-state index contributed by atoms with van der Waals surface area (Å²) >= 11 is 0. The molecule has 0 aliphatic carbocycles. The lowest BCUT2D eigenvalue weighted by Gasteiger charge is -2.32. The number of carbonyl (C=O) groups excluding carboxylic acids is 1. The lowest BCUT2D eigenvalue weighted by Crippen LogP contribution is -2.36. The molecule has 1 aliphatic heterocycles. The third-order valence-electron chi connectivity index (χ3n) is 2.93. The van der Waals surface area contributed by atoms with E-state index >= 15 is 0 Å². The third kappa shape index (κ3) is 4.10. The Morgan fingerprint density at radius 1 is 1.53 bits per heavy atom. The normalized spacial score (nSPS) is 21.2. The van der Waals surface area contributed by atoms with E-state index in [4.69, 9.17) is 5.26 Å². The number of amides is 1. The van der Waals surface area contributed by atoms with Crippen LogP contribution in [0.4, 0.5) is 0 Å². The number of piperidine rings is 1. The van der Waals surface area contributed by atoms with Crippen molar-refractivity contribution >= 4 is 5.91 Å². The van der Waals surface area contributed by atoms with Crippen LogP contribution in [0.15, 0.2) is 11.8 Å². The second-order valence-corrected chi connectivity index (χ2v) is 4.87. The Morgan fingerprint density at radius 2 is 2.24 bits per heavy atom. The molecule has 0 aromatic heterocycles. The van der Waals surface area contributed by atoms with Gasteiger partial charge in [0, 0.05) is 24.8 Å². The molecule has 0 aromatic carbocycles. The van der Waals surface area contributed by atoms with Crippen LogP contribution in [0.2, 0.25) is 0 Å². The highest BCUT2D eigenvalue weighted by Gasteiger charge is 2.18. The molecule has 0 saturated carbocycles. The van der Waals surface area contributed by atoms with E-state index in [9.17, 15) is 4.79 Å². The number of nitrogens with zero attached hydrogens (tertiary/aromatic N) is 2. The maximum absolute atomic E-state index is 11.7. The molecule has 1 amide bonds. The number of carbonyl (C=O) groups is 1. The van der Waals surface area contributed by atoms with Crippen LogP contribution in [-0.2, 0) is 4.79 Å². The zero-order chi connectivity index (χ0) is 12.8. The molecule has 1 N–H and O–H groups in total. The molecule has 17 heavy (non-hydrogen) atoms. The monoisotopic (exact) mass is 235 g/mol. The van der Waals surface area contributed by atoms with Crippen molar-refractivity contribution in [1.29, 1.82) is 5.26 Å². The number of nitrogens with one attached hydrogen (secondary N) is 1. The molecule has 4 heteroatoms. The Morgan fingerprint density at radius 3 is 2.76 bits per heavy atom. The van der Waals surface area contributed by atoms with Crippen molar-refractivity contribution in [3.05, 3.63) is 11.8 Å². The van der Waals surface area contributed by atoms with Gasteiger partial charge in [0.15, 0.2) is 0 Å². The standard InChI is InChI=1S/C13H21N3O/c1-10(2)15-13(17)12(8-14)9-16-7-5-4-6-11(16)3/h9-11H,4-7H2,1-3H3,(H,15,17)/b12-9-. The third-order valence-corrected chi connectivity index (χ3v) is 2.93. The highest BCUT2D eigenvalue weighted by Crippen LogP contribution is 2.17. The molecule has 1 saturated heterocycles. The SMILES string of the molecule is CC(C)NC(=O)/C(C#N)=C\N1CCCCC1C. The molecule has 0 radical (unpaired) electrons. The zero-order valence-electron chi connectivity index (χ0n) is 10.9. The van der Waals surface area contributed by atoms with Gasteiger partial charge >= 0.3 is 0 Å². The summed E-state index contributed by atoms with van der Waals surface area (Å²) in [6, 6.07) is 2.45. The lowest BCUT2D eigenvalue weighted by molar-refractivity contribution is -0.117. The van der Waals surface area contributed by atoms with E-state index in [1.165, 1.54) is 6.42 Å². The smallest absolute Gasteiger partial charge is 0.263 e. The summed E-state index contributed by atoms with van der Waals surface area (Å²) in [5.41, 5.74) is 0.201. The van der Waals surface area contributed by atoms with E-state index in [1.807, 2.05) is 19.9 Å². The Labute approximate surface area is 103 Å². The first kappa shape index (κ1) is 13.6. The van der Waals surface area contributed by atoms with Gasteiger partial charge in [-0.05, 0) is 40.0 Å². The molecule has 1 fully saturated rings. The quantitative estimate of drug-likeness (QED) is 0.599. The largest absolute Gasteiger partial charge is 0.373 e. The molecular weight excluding hydrogens is 214 g/mol. The summed E-state index contributed by atoms with van der Waals surface area (Å²) in [5, 5.41) is 11.8. The van der Waals surface area contributed by atoms with Crippen LogP contribution in [0.1, 0.15) is 40.0 Å². The highest BCUT2D eigenvalue weighted by atomic mass is 16.1. The topological polar surface area (TPSA) is 56.1 Å². The Hall–Kier alpha value is -1.50. The van der Waals surface area contributed by atoms with Gasteiger partial charge in [-0.15, -0.1) is 0 Å². The van der Waals surface area contributed by atoms with E-state index in [0.29, 0.717) is 6.04 Å². The first-order chi connectivity index (χ1) is 8.04. The minimum absolute atomic E-state index is 0.0537. The molecule has 1 aliphatic rings. The Kier molecular flexibility index (Phi) is 5.02. The number of hydrogen-bond donors (Lipinski definition) is 1. The molecular formula is C13H21N3O. The van der Waals surface area contributed by atoms with Crippen molar-refractivity contribution in [2.75, 3.05) is 6.54 Å². The van der Waals surface area contributed by atoms with Gasteiger partial charge in [-0.2, -0.15) is 5.26 Å². The predicted octanol–water partition coefficient (Wildman–Crippen LogP) is 1.79. The maximum Gasteiger partial charge on any atom is 0.263 e. The average molecular weight is 235 g/mol. The van der Waals surface area contributed by atoms with Crippen molar-refractivity contribution < 1.29 is 4.79 Å². The van der Waals surface area contributed by atoms with Gasteiger partial charge in [-0.25, -0.2) is 0 Å². The van der Waals surface area contributed by atoms with Gasteiger partial charge in [0.1, 0.15) is 11.6 Å². The number of nitriles is 1. The van der Waals surface area contributed by atoms with Gasteiger partial charge in [-0.1, -0.05) is 0 Å². The molecule has 0 aromatic rings. The zero-order valence-corrected chi connectivity index (χ0v) is 10.9. The van der Waals surface area contributed by atoms with Crippen molar-refractivity contribution in [3.63, 3.8) is 0 Å². The molecule has 4 nitrogen and oxygen atoms in total. The molecule has 1 atom stereocenters. The van der Waals surface area contributed by atoms with Crippen LogP contribution in [0.25, 0.3) is 0 Å². The molecule has 0 spiro atoms. The van der Waals surface area contributed by atoms with E-state index < -0.39 is 0 Å². The maximum atomic E-state index is 11.7. The number of rotatable bonds is 3. The summed E-state index contributed by atoms with van der Waals surface area (Å²) in [6.07, 6.45) is 5.19. The van der Waals surface area contributed by atoms with Crippen molar-refractivity contribution in [3.8, 4) is 6.07 Å². The fourth-order valence-corrected chi connectivity index (χ4v) is 1.96. The van der Waals surface area contributed by atoms with E-state index in [2.05, 4.69) is 17.1 Å². The summed E-state index contributed by atoms with van der Waals surface area (Å²) < 4.78 is 0. The van der Waals surface area contributed by atoms with Gasteiger partial charge < -0.3 is 10.2 Å². The predicted molar refractivity (Wildman–Crippen MR) is 67.0 cm³/mol. The highest BCUT2D eigenvalue weighted by molar-refractivity contribution is 5.97. The van der Waals surface area contributed by atoms with Crippen molar-refractivity contribution in [1.82, 2.24) is 10.2 Å². The van der Waals surface area contributed by atoms with Crippen LogP contribution in [-0.4, -0.2) is 29.4 Å². The number of likely N-dealkylation sites (tertiary alicyclic amines) is 1. The summed E-state index contributed by atoms with van der Waals surface area (Å²) in [5.74, 6) is -0.278. The fourth-order valence-electron chi connectivity index (χ4n) is 1.96. The minimum atomic E-state index is -0.278. The fraction of sp³-hybridized carbons (Fsp3) is 0.692. The summed E-state index contributed by atoms with van der Waals surface area (Å²) in [4.78, 5) is 13.8. The Bertz CT molecular complexity index is 341.